The van der Waals surface area contributed by atoms with Crippen LogP contribution in [0.2, 0.25) is 0 Å². The van der Waals surface area contributed by atoms with Crippen molar-refractivity contribution in [1.29, 1.82) is 0 Å². The molecule has 0 fully saturated rings. The summed E-state index contributed by atoms with van der Waals surface area (Å²) in [4.78, 5) is 2.50. The predicted octanol–water partition coefficient (Wildman–Crippen LogP) is 15.9. The molecule has 0 radical (unpaired) electrons. The third-order valence-electron chi connectivity index (χ3n) is 12.7. The molecule has 1 heterocycles. The van der Waals surface area contributed by atoms with Crippen molar-refractivity contribution in [2.75, 3.05) is 4.90 Å². The Balaban J connectivity index is 1.22. The first-order chi connectivity index (χ1) is 30.3. The van der Waals surface area contributed by atoms with Crippen LogP contribution in [0.1, 0.15) is 22.3 Å². The van der Waals surface area contributed by atoms with Crippen molar-refractivity contribution < 1.29 is 4.42 Å². The molecular weight excluding hydrogens is 739 g/mol. The lowest BCUT2D eigenvalue weighted by Crippen LogP contribution is -2.28. The normalized spacial score (nSPS) is 12.7. The highest BCUT2D eigenvalue weighted by Crippen LogP contribution is 2.58. The average Bonchev–Trinajstić information content (AvgIpc) is 3.87. The molecule has 1 aliphatic rings. The van der Waals surface area contributed by atoms with E-state index in [-0.39, 0.29) is 0 Å². The van der Waals surface area contributed by atoms with Gasteiger partial charge in [-0.3, -0.25) is 0 Å². The summed E-state index contributed by atoms with van der Waals surface area (Å²) in [5.74, 6) is 0. The molecule has 0 N–H and O–H groups in total. The Labute approximate surface area is 355 Å². The van der Waals surface area contributed by atoms with Crippen molar-refractivity contribution in [3.8, 4) is 33.4 Å². The minimum atomic E-state index is -0.553. The smallest absolute Gasteiger partial charge is 0.144 e. The van der Waals surface area contributed by atoms with Crippen molar-refractivity contribution in [2.45, 2.75) is 5.41 Å². The van der Waals surface area contributed by atoms with Gasteiger partial charge in [0.15, 0.2) is 0 Å². The van der Waals surface area contributed by atoms with E-state index in [1.165, 1.54) is 44.5 Å². The van der Waals surface area contributed by atoms with Crippen LogP contribution in [0.3, 0.4) is 0 Å². The summed E-state index contributed by atoms with van der Waals surface area (Å²) >= 11 is 0. The molecule has 11 aromatic rings. The molecule has 10 aromatic carbocycles. The minimum absolute atomic E-state index is 0.553. The molecule has 61 heavy (non-hydrogen) atoms. The zero-order chi connectivity index (χ0) is 40.3. The largest absolute Gasteiger partial charge is 0.455 e. The molecule has 0 bridgehead atoms. The molecule has 0 spiro atoms. The number of hydrogen-bond acceptors (Lipinski definition) is 2. The van der Waals surface area contributed by atoms with Crippen LogP contribution in [0.25, 0.3) is 66.1 Å². The Bertz CT molecular complexity index is 3350. The fourth-order valence-corrected chi connectivity index (χ4v) is 10.2. The van der Waals surface area contributed by atoms with Gasteiger partial charge in [0.1, 0.15) is 11.2 Å². The van der Waals surface area contributed by atoms with Crippen LogP contribution in [0.15, 0.2) is 241 Å². The zero-order valence-electron chi connectivity index (χ0n) is 33.4. The Morgan fingerprint density at radius 2 is 0.869 bits per heavy atom. The van der Waals surface area contributed by atoms with Crippen LogP contribution in [0.4, 0.5) is 17.1 Å². The maximum absolute atomic E-state index is 6.84. The molecule has 2 nitrogen and oxygen atoms in total. The highest BCUT2D eigenvalue weighted by Gasteiger charge is 2.46. The Morgan fingerprint density at radius 3 is 1.56 bits per heavy atom. The summed E-state index contributed by atoms with van der Waals surface area (Å²) in [5, 5.41) is 4.39. The van der Waals surface area contributed by atoms with Gasteiger partial charge in [0.25, 0.3) is 0 Å². The van der Waals surface area contributed by atoms with Gasteiger partial charge in [0.05, 0.1) is 11.1 Å². The van der Waals surface area contributed by atoms with Crippen LogP contribution < -0.4 is 4.90 Å². The van der Waals surface area contributed by atoms with Crippen LogP contribution in [0, 0.1) is 0 Å². The van der Waals surface area contributed by atoms with E-state index < -0.39 is 5.41 Å². The molecule has 1 aliphatic carbocycles. The lowest BCUT2D eigenvalue weighted by Gasteiger charge is -2.35. The first-order valence-electron chi connectivity index (χ1n) is 21.0. The van der Waals surface area contributed by atoms with Crippen LogP contribution in [-0.4, -0.2) is 0 Å². The van der Waals surface area contributed by atoms with Crippen molar-refractivity contribution in [2.24, 2.45) is 0 Å². The molecule has 0 amide bonds. The molecule has 0 saturated heterocycles. The first-order valence-corrected chi connectivity index (χ1v) is 21.0. The van der Waals surface area contributed by atoms with Gasteiger partial charge >= 0.3 is 0 Å². The Kier molecular flexibility index (Phi) is 8.11. The van der Waals surface area contributed by atoms with E-state index in [4.69, 9.17) is 4.42 Å². The van der Waals surface area contributed by atoms with E-state index in [1.54, 1.807) is 0 Å². The van der Waals surface area contributed by atoms with Gasteiger partial charge in [-0.2, -0.15) is 0 Å². The summed E-state index contributed by atoms with van der Waals surface area (Å²) < 4.78 is 6.84. The Morgan fingerprint density at radius 1 is 0.361 bits per heavy atom. The number of furan rings is 1. The van der Waals surface area contributed by atoms with E-state index in [9.17, 15) is 0 Å². The number of para-hydroxylation sites is 1. The highest BCUT2D eigenvalue weighted by atomic mass is 16.3. The van der Waals surface area contributed by atoms with Gasteiger partial charge in [-0.05, 0) is 80.4 Å². The number of benzene rings is 10. The number of nitrogens with zero attached hydrogens (tertiary/aromatic N) is 1. The lowest BCUT2D eigenvalue weighted by molar-refractivity contribution is 0.673. The number of anilines is 3. The van der Waals surface area contributed by atoms with Crippen LogP contribution in [0.5, 0.6) is 0 Å². The number of fused-ring (bicyclic) bond motifs is 8. The maximum atomic E-state index is 6.84. The van der Waals surface area contributed by atoms with E-state index in [0.29, 0.717) is 0 Å². The monoisotopic (exact) mass is 777 g/mol. The van der Waals surface area contributed by atoms with Gasteiger partial charge in [-0.15, -0.1) is 0 Å². The van der Waals surface area contributed by atoms with Crippen molar-refractivity contribution in [3.63, 3.8) is 0 Å². The summed E-state index contributed by atoms with van der Waals surface area (Å²) in [5.41, 5.74) is 16.6. The van der Waals surface area contributed by atoms with Crippen molar-refractivity contribution in [3.05, 3.63) is 259 Å². The molecule has 0 atom stereocenters. The molecule has 0 aliphatic heterocycles. The van der Waals surface area contributed by atoms with Crippen LogP contribution >= 0.6 is 0 Å². The third-order valence-corrected chi connectivity index (χ3v) is 12.7. The summed E-state index contributed by atoms with van der Waals surface area (Å²) in [6.07, 6.45) is 0. The fraction of sp³-hybridized carbons (Fsp3) is 0.0169. The van der Waals surface area contributed by atoms with Gasteiger partial charge in [-0.1, -0.05) is 206 Å². The van der Waals surface area contributed by atoms with Gasteiger partial charge in [0, 0.05) is 38.5 Å². The maximum Gasteiger partial charge on any atom is 0.144 e. The second-order valence-corrected chi connectivity index (χ2v) is 15.9. The van der Waals surface area contributed by atoms with E-state index in [1.807, 2.05) is 0 Å². The predicted molar refractivity (Wildman–Crippen MR) is 254 cm³/mol. The zero-order valence-corrected chi connectivity index (χ0v) is 33.4. The second-order valence-electron chi connectivity index (χ2n) is 15.9. The molecular formula is C59H39NO. The SMILES string of the molecule is c1ccc(-c2ccc(N(c3ccc4c(c3)C(c3ccccc3)(c3ccccc3)c3ccccc3-4)c3c(-c4ccccc4)c4c5ccccc5oc4c4ccccc34)cc2)cc1. The highest BCUT2D eigenvalue weighted by molar-refractivity contribution is 6.27. The fourth-order valence-electron chi connectivity index (χ4n) is 10.2. The summed E-state index contributed by atoms with van der Waals surface area (Å²) in [6.45, 7) is 0. The quantitative estimate of drug-likeness (QED) is 0.160. The topological polar surface area (TPSA) is 16.4 Å². The minimum Gasteiger partial charge on any atom is -0.455 e. The van der Waals surface area contributed by atoms with Crippen LogP contribution in [-0.2, 0) is 5.41 Å². The summed E-state index contributed by atoms with van der Waals surface area (Å²) in [7, 11) is 0. The van der Waals surface area contributed by atoms with Crippen molar-refractivity contribution >= 4 is 49.8 Å². The van der Waals surface area contributed by atoms with E-state index >= 15 is 0 Å². The average molecular weight is 778 g/mol. The number of hydrogen-bond donors (Lipinski definition) is 0. The van der Waals surface area contributed by atoms with E-state index in [2.05, 4.69) is 241 Å². The lowest BCUT2D eigenvalue weighted by atomic mass is 9.67. The van der Waals surface area contributed by atoms with E-state index in [0.717, 1.165) is 60.9 Å². The Hall–Kier alpha value is -7.94. The molecule has 286 valence electrons. The molecule has 1 aromatic heterocycles. The first kappa shape index (κ1) is 35.0. The van der Waals surface area contributed by atoms with Gasteiger partial charge in [-0.25, -0.2) is 0 Å². The molecule has 0 unspecified atom stereocenters. The second kappa shape index (κ2) is 14.1. The number of rotatable bonds is 7. The van der Waals surface area contributed by atoms with Crippen molar-refractivity contribution in [1.82, 2.24) is 0 Å². The van der Waals surface area contributed by atoms with Gasteiger partial charge in [0.2, 0.25) is 0 Å². The van der Waals surface area contributed by atoms with Gasteiger partial charge < -0.3 is 9.32 Å². The molecule has 0 saturated carbocycles. The summed E-state index contributed by atoms with van der Waals surface area (Å²) in [6, 6.07) is 86.1. The molecule has 12 rings (SSSR count). The standard InChI is InChI=1S/C59H39NO/c1-5-19-40(20-6-1)41-33-35-45(36-34-41)60(57-49-28-13-14-29-50(49)58-56(51-30-16-18-32-54(51)61-58)55(57)42-21-7-2-8-22-42)46-37-38-48-47-27-15-17-31-52(47)59(53(48)39-46,43-23-9-3-10-24-43)44-25-11-4-12-26-44/h1-39H. The molecule has 2 heteroatoms. The third kappa shape index (κ3) is 5.36.